The van der Waals surface area contributed by atoms with E-state index in [1.54, 1.807) is 0 Å². The summed E-state index contributed by atoms with van der Waals surface area (Å²) < 4.78 is 0. The molecule has 0 heterocycles. The minimum Gasteiger partial charge on any atom is -0.310 e. The maximum atomic E-state index is 3.65. The molecular weight excluding hydrogens is 244 g/mol. The van der Waals surface area contributed by atoms with Gasteiger partial charge in [0.2, 0.25) is 0 Å². The third-order valence-electron chi connectivity index (χ3n) is 4.19. The van der Waals surface area contributed by atoms with Crippen molar-refractivity contribution in [1.29, 1.82) is 0 Å². The monoisotopic (exact) mass is 276 g/mol. The highest BCUT2D eigenvalue weighted by atomic mass is 15.1. The van der Waals surface area contributed by atoms with Gasteiger partial charge in [-0.2, -0.15) is 0 Å². The Balaban J connectivity index is 2.67. The van der Waals surface area contributed by atoms with Crippen LogP contribution in [-0.2, 0) is 0 Å². The molecule has 0 aliphatic heterocycles. The molecule has 0 radical (unpaired) electrons. The molecule has 0 aliphatic rings. The Kier molecular flexibility index (Phi) is 7.86. The summed E-state index contributed by atoms with van der Waals surface area (Å²) >= 11 is 0. The molecule has 1 N–H and O–H groups in total. The van der Waals surface area contributed by atoms with E-state index in [9.17, 15) is 0 Å². The van der Waals surface area contributed by atoms with Gasteiger partial charge in [0.25, 0.3) is 0 Å². The third-order valence-corrected chi connectivity index (χ3v) is 4.19. The SMILES string of the molecule is CCCC(C)N(C)CC(C)C(NCC)c1ccccc1. The normalized spacial score (nSPS) is 16.1. The summed E-state index contributed by atoms with van der Waals surface area (Å²) in [4.78, 5) is 2.50. The Morgan fingerprint density at radius 2 is 1.75 bits per heavy atom. The van der Waals surface area contributed by atoms with Crippen LogP contribution in [0.4, 0.5) is 0 Å². The van der Waals surface area contributed by atoms with Crippen molar-refractivity contribution in [2.24, 2.45) is 5.92 Å². The summed E-state index contributed by atoms with van der Waals surface area (Å²) in [6, 6.07) is 11.9. The van der Waals surface area contributed by atoms with Crippen LogP contribution in [0.2, 0.25) is 0 Å². The molecule has 0 aromatic heterocycles. The molecule has 0 bridgehead atoms. The lowest BCUT2D eigenvalue weighted by molar-refractivity contribution is 0.193. The second kappa shape index (κ2) is 9.15. The van der Waals surface area contributed by atoms with E-state index in [1.165, 1.54) is 18.4 Å². The third kappa shape index (κ3) is 5.26. The molecule has 20 heavy (non-hydrogen) atoms. The van der Waals surface area contributed by atoms with Gasteiger partial charge >= 0.3 is 0 Å². The lowest BCUT2D eigenvalue weighted by Gasteiger charge is -2.32. The number of benzene rings is 1. The highest BCUT2D eigenvalue weighted by Crippen LogP contribution is 2.23. The van der Waals surface area contributed by atoms with E-state index in [-0.39, 0.29) is 0 Å². The van der Waals surface area contributed by atoms with Crippen molar-refractivity contribution < 1.29 is 0 Å². The summed E-state index contributed by atoms with van der Waals surface area (Å²) in [5, 5.41) is 3.65. The quantitative estimate of drug-likeness (QED) is 0.730. The number of hydrogen-bond donors (Lipinski definition) is 1. The fourth-order valence-electron chi connectivity index (χ4n) is 2.91. The van der Waals surface area contributed by atoms with Crippen LogP contribution < -0.4 is 5.32 Å². The maximum absolute atomic E-state index is 3.65. The van der Waals surface area contributed by atoms with Gasteiger partial charge < -0.3 is 10.2 Å². The van der Waals surface area contributed by atoms with Gasteiger partial charge in [-0.1, -0.05) is 57.5 Å². The second-order valence-corrected chi connectivity index (χ2v) is 6.00. The minimum atomic E-state index is 0.442. The van der Waals surface area contributed by atoms with Gasteiger partial charge in [-0.3, -0.25) is 0 Å². The van der Waals surface area contributed by atoms with Crippen LogP contribution in [0.5, 0.6) is 0 Å². The summed E-state index contributed by atoms with van der Waals surface area (Å²) in [7, 11) is 2.25. The van der Waals surface area contributed by atoms with Crippen molar-refractivity contribution in [3.05, 3.63) is 35.9 Å². The zero-order valence-electron chi connectivity index (χ0n) is 13.9. The van der Waals surface area contributed by atoms with Crippen LogP contribution in [0.15, 0.2) is 30.3 Å². The van der Waals surface area contributed by atoms with Gasteiger partial charge in [0.05, 0.1) is 0 Å². The van der Waals surface area contributed by atoms with Gasteiger partial charge in [0.1, 0.15) is 0 Å². The lowest BCUT2D eigenvalue weighted by Crippen LogP contribution is -2.38. The fourth-order valence-corrected chi connectivity index (χ4v) is 2.91. The molecule has 0 amide bonds. The second-order valence-electron chi connectivity index (χ2n) is 6.00. The van der Waals surface area contributed by atoms with Crippen LogP contribution in [0.3, 0.4) is 0 Å². The van der Waals surface area contributed by atoms with Crippen LogP contribution in [0, 0.1) is 5.92 Å². The van der Waals surface area contributed by atoms with Crippen LogP contribution >= 0.6 is 0 Å². The Labute approximate surface area is 125 Å². The minimum absolute atomic E-state index is 0.442. The van der Waals surface area contributed by atoms with Crippen LogP contribution in [0.1, 0.15) is 52.1 Å². The first-order chi connectivity index (χ1) is 9.60. The molecule has 0 saturated heterocycles. The summed E-state index contributed by atoms with van der Waals surface area (Å²) in [5.41, 5.74) is 1.40. The van der Waals surface area contributed by atoms with Crippen LogP contribution in [-0.4, -0.2) is 31.1 Å². The summed E-state index contributed by atoms with van der Waals surface area (Å²) in [5.74, 6) is 0.599. The molecule has 0 fully saturated rings. The maximum Gasteiger partial charge on any atom is 0.0358 e. The van der Waals surface area contributed by atoms with E-state index >= 15 is 0 Å². The average molecular weight is 276 g/mol. The van der Waals surface area contributed by atoms with Crippen molar-refractivity contribution in [1.82, 2.24) is 10.2 Å². The molecule has 0 saturated carbocycles. The number of nitrogens with zero attached hydrogens (tertiary/aromatic N) is 1. The van der Waals surface area contributed by atoms with E-state index < -0.39 is 0 Å². The molecule has 1 aromatic carbocycles. The Bertz CT molecular complexity index is 350. The standard InChI is InChI=1S/C18H32N2/c1-6-11-16(4)20(5)14-15(3)18(19-7-2)17-12-9-8-10-13-17/h8-10,12-13,15-16,18-19H,6-7,11,14H2,1-5H3. The van der Waals surface area contributed by atoms with Crippen molar-refractivity contribution >= 4 is 0 Å². The van der Waals surface area contributed by atoms with Crippen molar-refractivity contribution in [2.75, 3.05) is 20.1 Å². The molecule has 3 unspecified atom stereocenters. The highest BCUT2D eigenvalue weighted by molar-refractivity contribution is 5.19. The number of rotatable bonds is 9. The summed E-state index contributed by atoms with van der Waals surface area (Å²) in [6.07, 6.45) is 2.54. The van der Waals surface area contributed by atoms with Crippen LogP contribution in [0.25, 0.3) is 0 Å². The molecule has 2 nitrogen and oxygen atoms in total. The predicted molar refractivity (Wildman–Crippen MR) is 89.0 cm³/mol. The highest BCUT2D eigenvalue weighted by Gasteiger charge is 2.21. The Morgan fingerprint density at radius 3 is 2.30 bits per heavy atom. The van der Waals surface area contributed by atoms with E-state index in [0.29, 0.717) is 18.0 Å². The van der Waals surface area contributed by atoms with Crippen molar-refractivity contribution in [3.63, 3.8) is 0 Å². The number of nitrogens with one attached hydrogen (secondary N) is 1. The van der Waals surface area contributed by atoms with Crippen molar-refractivity contribution in [3.8, 4) is 0 Å². The molecule has 2 heteroatoms. The van der Waals surface area contributed by atoms with Gasteiger partial charge in [-0.25, -0.2) is 0 Å². The summed E-state index contributed by atoms with van der Waals surface area (Å²) in [6.45, 7) is 11.3. The van der Waals surface area contributed by atoms with Crippen molar-refractivity contribution in [2.45, 2.75) is 52.6 Å². The first-order valence-electron chi connectivity index (χ1n) is 8.08. The number of hydrogen-bond acceptors (Lipinski definition) is 2. The zero-order valence-corrected chi connectivity index (χ0v) is 13.9. The molecule has 0 spiro atoms. The van der Waals surface area contributed by atoms with Gasteiger partial charge in [0.15, 0.2) is 0 Å². The lowest BCUT2D eigenvalue weighted by atomic mass is 9.93. The first kappa shape index (κ1) is 17.2. The van der Waals surface area contributed by atoms with Gasteiger partial charge in [-0.15, -0.1) is 0 Å². The molecule has 114 valence electrons. The molecule has 0 aliphatic carbocycles. The van der Waals surface area contributed by atoms with E-state index in [2.05, 4.69) is 75.3 Å². The molecule has 3 atom stereocenters. The Morgan fingerprint density at radius 1 is 1.10 bits per heavy atom. The topological polar surface area (TPSA) is 15.3 Å². The van der Waals surface area contributed by atoms with Gasteiger partial charge in [0, 0.05) is 18.6 Å². The molecular formula is C18H32N2. The smallest absolute Gasteiger partial charge is 0.0358 e. The first-order valence-corrected chi connectivity index (χ1v) is 8.08. The molecule has 1 aromatic rings. The van der Waals surface area contributed by atoms with E-state index in [4.69, 9.17) is 0 Å². The largest absolute Gasteiger partial charge is 0.310 e. The Hall–Kier alpha value is -0.860. The fraction of sp³-hybridized carbons (Fsp3) is 0.667. The zero-order chi connectivity index (χ0) is 15.0. The van der Waals surface area contributed by atoms with E-state index in [1.807, 2.05) is 0 Å². The molecule has 1 rings (SSSR count). The predicted octanol–water partition coefficient (Wildman–Crippen LogP) is 4.09. The average Bonchev–Trinajstić information content (AvgIpc) is 2.45. The van der Waals surface area contributed by atoms with Gasteiger partial charge in [-0.05, 0) is 38.4 Å². The van der Waals surface area contributed by atoms with E-state index in [0.717, 1.165) is 13.1 Å².